The molecule has 1 fully saturated rings. The molecule has 0 radical (unpaired) electrons. The highest BCUT2D eigenvalue weighted by atomic mass is 16.3. The number of aliphatic hydroxyl groups is 1. The molecule has 0 spiro atoms. The second-order valence-electron chi connectivity index (χ2n) is 5.32. The summed E-state index contributed by atoms with van der Waals surface area (Å²) >= 11 is 0. The van der Waals surface area contributed by atoms with Crippen molar-refractivity contribution in [2.75, 3.05) is 0 Å². The van der Waals surface area contributed by atoms with E-state index >= 15 is 0 Å². The standard InChI is InChI=1S/C15H20O2/c1-10(2)12-5-3-11(4-6-12)9-14(16)15(17)13-7-8-13/h3-6,10,13,15,17H,7-9H2,1-2H3. The lowest BCUT2D eigenvalue weighted by Crippen LogP contribution is -2.24. The molecule has 1 aromatic carbocycles. The van der Waals surface area contributed by atoms with E-state index in [1.807, 2.05) is 12.1 Å². The molecule has 1 aromatic rings. The van der Waals surface area contributed by atoms with Crippen molar-refractivity contribution < 1.29 is 9.90 Å². The van der Waals surface area contributed by atoms with E-state index in [1.54, 1.807) is 0 Å². The first kappa shape index (κ1) is 12.3. The Labute approximate surface area is 103 Å². The number of aliphatic hydroxyl groups excluding tert-OH is 1. The monoisotopic (exact) mass is 232 g/mol. The molecule has 17 heavy (non-hydrogen) atoms. The van der Waals surface area contributed by atoms with E-state index in [-0.39, 0.29) is 11.7 Å². The van der Waals surface area contributed by atoms with E-state index in [2.05, 4.69) is 26.0 Å². The highest BCUT2D eigenvalue weighted by Crippen LogP contribution is 2.33. The summed E-state index contributed by atoms with van der Waals surface area (Å²) < 4.78 is 0. The molecule has 1 atom stereocenters. The lowest BCUT2D eigenvalue weighted by atomic mass is 9.98. The number of ketones is 1. The predicted octanol–water partition coefficient (Wildman–Crippen LogP) is 2.69. The summed E-state index contributed by atoms with van der Waals surface area (Å²) in [6.07, 6.45) is 1.62. The summed E-state index contributed by atoms with van der Waals surface area (Å²) in [5, 5.41) is 9.71. The Morgan fingerprint density at radius 2 is 1.88 bits per heavy atom. The first-order chi connectivity index (χ1) is 8.08. The van der Waals surface area contributed by atoms with Gasteiger partial charge < -0.3 is 5.11 Å². The fraction of sp³-hybridized carbons (Fsp3) is 0.533. The number of hydrogen-bond acceptors (Lipinski definition) is 2. The molecule has 1 aliphatic rings. The number of hydrogen-bond donors (Lipinski definition) is 1. The molecule has 0 saturated heterocycles. The quantitative estimate of drug-likeness (QED) is 0.847. The van der Waals surface area contributed by atoms with E-state index in [1.165, 1.54) is 5.56 Å². The maximum atomic E-state index is 11.8. The van der Waals surface area contributed by atoms with Gasteiger partial charge in [0.25, 0.3) is 0 Å². The summed E-state index contributed by atoms with van der Waals surface area (Å²) in [5.74, 6) is 0.707. The van der Waals surface area contributed by atoms with Crippen LogP contribution < -0.4 is 0 Å². The maximum Gasteiger partial charge on any atom is 0.165 e. The van der Waals surface area contributed by atoms with E-state index in [4.69, 9.17) is 0 Å². The molecule has 0 bridgehead atoms. The van der Waals surface area contributed by atoms with Gasteiger partial charge >= 0.3 is 0 Å². The number of benzene rings is 1. The average molecular weight is 232 g/mol. The van der Waals surface area contributed by atoms with Crippen LogP contribution in [0.1, 0.15) is 43.7 Å². The highest BCUT2D eigenvalue weighted by molar-refractivity contribution is 5.85. The Balaban J connectivity index is 1.96. The van der Waals surface area contributed by atoms with Crippen molar-refractivity contribution in [3.8, 4) is 0 Å². The van der Waals surface area contributed by atoms with Gasteiger partial charge in [0.05, 0.1) is 0 Å². The van der Waals surface area contributed by atoms with Crippen LogP contribution in [0.5, 0.6) is 0 Å². The number of carbonyl (C=O) groups is 1. The maximum absolute atomic E-state index is 11.8. The van der Waals surface area contributed by atoms with Crippen LogP contribution in [-0.2, 0) is 11.2 Å². The topological polar surface area (TPSA) is 37.3 Å². The summed E-state index contributed by atoms with van der Waals surface area (Å²) in [6.45, 7) is 4.30. The van der Waals surface area contributed by atoms with E-state index in [9.17, 15) is 9.90 Å². The molecule has 1 aliphatic carbocycles. The minimum absolute atomic E-state index is 0.0372. The third-order valence-electron chi connectivity index (χ3n) is 3.42. The zero-order chi connectivity index (χ0) is 12.4. The number of carbonyl (C=O) groups excluding carboxylic acids is 1. The lowest BCUT2D eigenvalue weighted by Gasteiger charge is -2.09. The van der Waals surface area contributed by atoms with Gasteiger partial charge in [-0.05, 0) is 35.8 Å². The van der Waals surface area contributed by atoms with Crippen molar-refractivity contribution in [2.45, 2.75) is 45.1 Å². The SMILES string of the molecule is CC(C)c1ccc(CC(=O)C(O)C2CC2)cc1. The van der Waals surface area contributed by atoms with Gasteiger partial charge in [-0.3, -0.25) is 4.79 Å². The van der Waals surface area contributed by atoms with Crippen LogP contribution in [-0.4, -0.2) is 17.0 Å². The van der Waals surface area contributed by atoms with E-state index in [0.717, 1.165) is 18.4 Å². The van der Waals surface area contributed by atoms with Gasteiger partial charge in [-0.15, -0.1) is 0 Å². The summed E-state index contributed by atoms with van der Waals surface area (Å²) in [5.41, 5.74) is 2.28. The van der Waals surface area contributed by atoms with Crippen LogP contribution in [0.4, 0.5) is 0 Å². The van der Waals surface area contributed by atoms with Gasteiger partial charge in [0.2, 0.25) is 0 Å². The van der Waals surface area contributed by atoms with Crippen molar-refractivity contribution in [2.24, 2.45) is 5.92 Å². The van der Waals surface area contributed by atoms with Crippen molar-refractivity contribution in [3.63, 3.8) is 0 Å². The van der Waals surface area contributed by atoms with Crippen molar-refractivity contribution in [3.05, 3.63) is 35.4 Å². The molecule has 1 saturated carbocycles. The Morgan fingerprint density at radius 1 is 1.29 bits per heavy atom. The second kappa shape index (κ2) is 5.01. The van der Waals surface area contributed by atoms with Crippen LogP contribution in [0.2, 0.25) is 0 Å². The summed E-state index contributed by atoms with van der Waals surface area (Å²) in [7, 11) is 0. The molecule has 1 N–H and O–H groups in total. The zero-order valence-corrected chi connectivity index (χ0v) is 10.5. The molecule has 2 heteroatoms. The van der Waals surface area contributed by atoms with Crippen LogP contribution >= 0.6 is 0 Å². The molecule has 2 nitrogen and oxygen atoms in total. The fourth-order valence-corrected chi connectivity index (χ4v) is 2.00. The smallest absolute Gasteiger partial charge is 0.165 e. The predicted molar refractivity (Wildman–Crippen MR) is 68.0 cm³/mol. The van der Waals surface area contributed by atoms with Crippen LogP contribution in [0.3, 0.4) is 0 Å². The number of rotatable bonds is 5. The largest absolute Gasteiger partial charge is 0.385 e. The lowest BCUT2D eigenvalue weighted by molar-refractivity contribution is -0.127. The van der Waals surface area contributed by atoms with Crippen molar-refractivity contribution >= 4 is 5.78 Å². The Kier molecular flexibility index (Phi) is 3.63. The molecular formula is C15H20O2. The Bertz CT molecular complexity index is 388. The van der Waals surface area contributed by atoms with E-state index in [0.29, 0.717) is 12.3 Å². The van der Waals surface area contributed by atoms with Gasteiger partial charge in [-0.2, -0.15) is 0 Å². The van der Waals surface area contributed by atoms with Crippen LogP contribution in [0.15, 0.2) is 24.3 Å². The van der Waals surface area contributed by atoms with Crippen molar-refractivity contribution in [1.82, 2.24) is 0 Å². The Morgan fingerprint density at radius 3 is 2.35 bits per heavy atom. The molecule has 0 aliphatic heterocycles. The third kappa shape index (κ3) is 3.16. The average Bonchev–Trinajstić information content (AvgIpc) is 3.12. The zero-order valence-electron chi connectivity index (χ0n) is 10.5. The normalized spacial score (nSPS) is 17.2. The fourth-order valence-electron chi connectivity index (χ4n) is 2.00. The van der Waals surface area contributed by atoms with Gasteiger partial charge in [0.15, 0.2) is 5.78 Å². The highest BCUT2D eigenvalue weighted by Gasteiger charge is 2.34. The summed E-state index contributed by atoms with van der Waals surface area (Å²) in [6, 6.07) is 8.12. The van der Waals surface area contributed by atoms with Crippen molar-refractivity contribution in [1.29, 1.82) is 0 Å². The first-order valence-electron chi connectivity index (χ1n) is 6.37. The van der Waals surface area contributed by atoms with Gasteiger partial charge in [0.1, 0.15) is 6.10 Å². The van der Waals surface area contributed by atoms with E-state index < -0.39 is 6.10 Å². The molecule has 0 amide bonds. The minimum Gasteiger partial charge on any atom is -0.385 e. The van der Waals surface area contributed by atoms with Crippen LogP contribution in [0.25, 0.3) is 0 Å². The third-order valence-corrected chi connectivity index (χ3v) is 3.42. The van der Waals surface area contributed by atoms with Crippen LogP contribution in [0, 0.1) is 5.92 Å². The molecule has 2 rings (SSSR count). The molecule has 92 valence electrons. The second-order valence-corrected chi connectivity index (χ2v) is 5.32. The number of Topliss-reactive ketones (excluding diaryl/α,β-unsaturated/α-hetero) is 1. The molecule has 0 aromatic heterocycles. The molecule has 0 heterocycles. The van der Waals surface area contributed by atoms with Gasteiger partial charge in [0, 0.05) is 6.42 Å². The minimum atomic E-state index is -0.736. The first-order valence-corrected chi connectivity index (χ1v) is 6.37. The summed E-state index contributed by atoms with van der Waals surface area (Å²) in [4.78, 5) is 11.8. The Hall–Kier alpha value is -1.15. The van der Waals surface area contributed by atoms with Gasteiger partial charge in [-0.1, -0.05) is 38.1 Å². The molecule has 1 unspecified atom stereocenters. The molecular weight excluding hydrogens is 212 g/mol. The van der Waals surface area contributed by atoms with Gasteiger partial charge in [-0.25, -0.2) is 0 Å².